The average molecular weight is 305 g/mol. The van der Waals surface area contributed by atoms with E-state index in [9.17, 15) is 5.21 Å². The molecule has 0 amide bonds. The first-order valence-corrected chi connectivity index (χ1v) is 7.92. The third-order valence-corrected chi connectivity index (χ3v) is 4.43. The minimum atomic E-state index is 0.700. The molecule has 3 aromatic rings. The van der Waals surface area contributed by atoms with E-state index in [0.717, 1.165) is 30.7 Å². The van der Waals surface area contributed by atoms with Gasteiger partial charge in [0.25, 0.3) is 0 Å². The Hall–Kier alpha value is -2.40. The van der Waals surface area contributed by atoms with Crippen LogP contribution in [0.25, 0.3) is 22.2 Å². The molecule has 0 saturated carbocycles. The Morgan fingerprint density at radius 3 is 2.61 bits per heavy atom. The van der Waals surface area contributed by atoms with Crippen LogP contribution in [0.2, 0.25) is 0 Å². The molecule has 4 rings (SSSR count). The number of rotatable bonds is 3. The van der Waals surface area contributed by atoms with Gasteiger partial charge in [0.05, 0.1) is 5.52 Å². The Morgan fingerprint density at radius 1 is 1.04 bits per heavy atom. The lowest BCUT2D eigenvalue weighted by molar-refractivity contribution is -0.497. The van der Waals surface area contributed by atoms with Gasteiger partial charge >= 0.3 is 0 Å². The monoisotopic (exact) mass is 305 g/mol. The second-order valence-electron chi connectivity index (χ2n) is 5.82. The highest BCUT2D eigenvalue weighted by molar-refractivity contribution is 5.94. The number of quaternary nitrogens is 1. The van der Waals surface area contributed by atoms with Gasteiger partial charge in [0.1, 0.15) is 5.69 Å². The highest BCUT2D eigenvalue weighted by Crippen LogP contribution is 2.31. The summed E-state index contributed by atoms with van der Waals surface area (Å²) in [6.07, 6.45) is 5.56. The van der Waals surface area contributed by atoms with Gasteiger partial charge in [-0.3, -0.25) is 0 Å². The van der Waals surface area contributed by atoms with Crippen LogP contribution in [0.15, 0.2) is 60.8 Å². The maximum atomic E-state index is 10.9. The molecule has 4 nitrogen and oxygen atoms in total. The van der Waals surface area contributed by atoms with Gasteiger partial charge in [-0.05, 0) is 36.7 Å². The number of nitrogens with zero attached hydrogens (tertiary/aromatic N) is 1. The second-order valence-corrected chi connectivity index (χ2v) is 5.82. The zero-order valence-electron chi connectivity index (χ0n) is 12.8. The first-order chi connectivity index (χ1) is 11.4. The van der Waals surface area contributed by atoms with Crippen molar-refractivity contribution in [3.05, 3.63) is 71.6 Å². The van der Waals surface area contributed by atoms with Crippen molar-refractivity contribution >= 4 is 22.2 Å². The molecule has 2 heterocycles. The molecular weight excluding hydrogens is 286 g/mol. The fourth-order valence-electron chi connectivity index (χ4n) is 3.23. The van der Waals surface area contributed by atoms with Crippen LogP contribution in [0.4, 0.5) is 5.69 Å². The average Bonchev–Trinajstić information content (AvgIpc) is 3.02. The van der Waals surface area contributed by atoms with Gasteiger partial charge in [0.15, 0.2) is 0 Å². The summed E-state index contributed by atoms with van der Waals surface area (Å²) in [6, 6.07) is 16.2. The second kappa shape index (κ2) is 6.01. The Balaban J connectivity index is 1.88. The third kappa shape index (κ3) is 2.57. The van der Waals surface area contributed by atoms with Crippen LogP contribution in [0, 0.1) is 5.21 Å². The zero-order chi connectivity index (χ0) is 15.6. The molecule has 1 aliphatic heterocycles. The number of fused-ring (bicyclic) bond motifs is 1. The van der Waals surface area contributed by atoms with Crippen LogP contribution < -0.4 is 10.8 Å². The number of aromatic nitrogens is 1. The Bertz CT molecular complexity index is 862. The SMILES string of the molecule is [O-][NH2+]c1ccc(-n2cc(C3=CCNCC3)c3ccccc32)cc1. The standard InChI is InChI=1S/C19H19N3O/c23-21-15-5-7-16(8-6-15)22-13-18(14-9-11-20-12-10-14)17-3-1-2-4-19(17)22/h1-9,13,20H,10-12,21H2. The van der Waals surface area contributed by atoms with E-state index in [1.54, 1.807) is 0 Å². The van der Waals surface area contributed by atoms with Crippen molar-refractivity contribution in [2.45, 2.75) is 6.42 Å². The molecule has 0 spiro atoms. The number of hydrogen-bond acceptors (Lipinski definition) is 2. The predicted octanol–water partition coefficient (Wildman–Crippen LogP) is 2.70. The molecule has 1 aromatic heterocycles. The summed E-state index contributed by atoms with van der Waals surface area (Å²) < 4.78 is 2.21. The van der Waals surface area contributed by atoms with Crippen LogP contribution >= 0.6 is 0 Å². The Morgan fingerprint density at radius 2 is 1.87 bits per heavy atom. The molecule has 0 radical (unpaired) electrons. The van der Waals surface area contributed by atoms with E-state index in [-0.39, 0.29) is 0 Å². The molecule has 23 heavy (non-hydrogen) atoms. The summed E-state index contributed by atoms with van der Waals surface area (Å²) in [7, 11) is 0. The van der Waals surface area contributed by atoms with Gasteiger partial charge in [-0.2, -0.15) is 0 Å². The molecule has 0 atom stereocenters. The maximum Gasteiger partial charge on any atom is 0.129 e. The lowest BCUT2D eigenvalue weighted by atomic mass is 10.00. The summed E-state index contributed by atoms with van der Waals surface area (Å²) >= 11 is 0. The molecule has 2 aromatic carbocycles. The molecule has 4 heteroatoms. The van der Waals surface area contributed by atoms with Crippen LogP contribution in [-0.2, 0) is 0 Å². The van der Waals surface area contributed by atoms with E-state index in [0.29, 0.717) is 5.69 Å². The molecule has 0 fully saturated rings. The summed E-state index contributed by atoms with van der Waals surface area (Å²) in [5.74, 6) is 0. The van der Waals surface area contributed by atoms with Gasteiger partial charge in [-0.15, -0.1) is 0 Å². The fraction of sp³-hybridized carbons (Fsp3) is 0.158. The molecular formula is C19H19N3O. The van der Waals surface area contributed by atoms with E-state index in [1.807, 2.05) is 24.3 Å². The smallest absolute Gasteiger partial charge is 0.129 e. The minimum absolute atomic E-state index is 0.700. The van der Waals surface area contributed by atoms with Crippen LogP contribution in [-0.4, -0.2) is 17.7 Å². The summed E-state index contributed by atoms with van der Waals surface area (Å²) in [4.78, 5) is 0. The van der Waals surface area contributed by atoms with Crippen LogP contribution in [0.1, 0.15) is 12.0 Å². The van der Waals surface area contributed by atoms with Crippen molar-refractivity contribution in [1.29, 1.82) is 0 Å². The van der Waals surface area contributed by atoms with Crippen molar-refractivity contribution in [3.8, 4) is 5.69 Å². The minimum Gasteiger partial charge on any atom is -0.630 e. The fourth-order valence-corrected chi connectivity index (χ4v) is 3.23. The molecule has 0 aliphatic carbocycles. The van der Waals surface area contributed by atoms with E-state index < -0.39 is 0 Å². The van der Waals surface area contributed by atoms with Gasteiger partial charge in [-0.1, -0.05) is 24.3 Å². The summed E-state index contributed by atoms with van der Waals surface area (Å²) in [5, 5.41) is 15.5. The van der Waals surface area contributed by atoms with Crippen molar-refractivity contribution in [3.63, 3.8) is 0 Å². The lowest BCUT2D eigenvalue weighted by Gasteiger charge is -2.13. The number of nitrogens with one attached hydrogen (secondary N) is 1. The van der Waals surface area contributed by atoms with Gasteiger partial charge in [0.2, 0.25) is 0 Å². The van der Waals surface area contributed by atoms with E-state index >= 15 is 0 Å². The zero-order valence-corrected chi connectivity index (χ0v) is 12.8. The number of para-hydroxylation sites is 1. The molecule has 0 saturated heterocycles. The summed E-state index contributed by atoms with van der Waals surface area (Å²) in [6.45, 7) is 1.96. The van der Waals surface area contributed by atoms with Gasteiger partial charge in [0, 0.05) is 41.5 Å². The first-order valence-electron chi connectivity index (χ1n) is 7.92. The number of nitrogens with two attached hydrogens (primary N) is 1. The highest BCUT2D eigenvalue weighted by atomic mass is 16.5. The van der Waals surface area contributed by atoms with Crippen molar-refractivity contribution in [2.75, 3.05) is 13.1 Å². The third-order valence-electron chi connectivity index (χ3n) is 4.43. The number of benzene rings is 2. The molecule has 1 aliphatic rings. The molecule has 3 N–H and O–H groups in total. The van der Waals surface area contributed by atoms with Crippen LogP contribution in [0.3, 0.4) is 0 Å². The van der Waals surface area contributed by atoms with Crippen molar-refractivity contribution in [2.24, 2.45) is 0 Å². The molecule has 0 unspecified atom stereocenters. The Kier molecular flexibility index (Phi) is 3.71. The highest BCUT2D eigenvalue weighted by Gasteiger charge is 2.14. The maximum absolute atomic E-state index is 10.9. The lowest BCUT2D eigenvalue weighted by Crippen LogP contribution is -2.70. The normalized spacial score (nSPS) is 14.9. The quantitative estimate of drug-likeness (QED) is 0.577. The van der Waals surface area contributed by atoms with E-state index in [2.05, 4.69) is 46.4 Å². The topological polar surface area (TPSA) is 56.6 Å². The van der Waals surface area contributed by atoms with Gasteiger partial charge in [-0.25, -0.2) is 0 Å². The molecule has 116 valence electrons. The Labute approximate surface area is 135 Å². The van der Waals surface area contributed by atoms with E-state index in [4.69, 9.17) is 0 Å². The number of hydrogen-bond donors (Lipinski definition) is 2. The van der Waals surface area contributed by atoms with Gasteiger partial charge < -0.3 is 20.6 Å². The van der Waals surface area contributed by atoms with E-state index in [1.165, 1.54) is 22.0 Å². The first kappa shape index (κ1) is 14.2. The predicted molar refractivity (Wildman–Crippen MR) is 93.7 cm³/mol. The van der Waals surface area contributed by atoms with Crippen molar-refractivity contribution in [1.82, 2.24) is 9.88 Å². The van der Waals surface area contributed by atoms with Crippen LogP contribution in [0.5, 0.6) is 0 Å². The van der Waals surface area contributed by atoms with Crippen molar-refractivity contribution < 1.29 is 5.48 Å². The summed E-state index contributed by atoms with van der Waals surface area (Å²) in [5.41, 5.74) is 6.56. The largest absolute Gasteiger partial charge is 0.630 e. The molecule has 0 bridgehead atoms.